The standard InChI is InChI=1S/C21H21ClN4O4/c1-11(2)20-23-10-26(24-20)13-7-14(18(28)17(27)8-13)21(29)25-9-12(3)30-19-15(22)5-4-6-16(19)25/h4-8,10-12,27-28H,9H2,1-3H3/t12-/m0/s1. The molecule has 3 aromatic rings. The molecule has 4 rings (SSSR count). The number of nitrogens with zero attached hydrogens (tertiary/aromatic N) is 4. The number of anilines is 1. The van der Waals surface area contributed by atoms with E-state index in [4.69, 9.17) is 16.3 Å². The van der Waals surface area contributed by atoms with Crippen LogP contribution in [0.5, 0.6) is 17.2 Å². The molecule has 0 spiro atoms. The van der Waals surface area contributed by atoms with E-state index >= 15 is 0 Å². The molecule has 1 aliphatic rings. The predicted molar refractivity (Wildman–Crippen MR) is 112 cm³/mol. The topological polar surface area (TPSA) is 101 Å². The van der Waals surface area contributed by atoms with E-state index < -0.39 is 17.4 Å². The van der Waals surface area contributed by atoms with E-state index in [0.717, 1.165) is 0 Å². The molecule has 2 heterocycles. The minimum atomic E-state index is -0.504. The van der Waals surface area contributed by atoms with Gasteiger partial charge < -0.3 is 19.8 Å². The van der Waals surface area contributed by atoms with E-state index in [-0.39, 0.29) is 24.1 Å². The van der Waals surface area contributed by atoms with E-state index in [1.807, 2.05) is 20.8 Å². The highest BCUT2D eigenvalue weighted by Crippen LogP contribution is 2.41. The van der Waals surface area contributed by atoms with Crippen molar-refractivity contribution in [3.8, 4) is 22.9 Å². The van der Waals surface area contributed by atoms with Crippen molar-refractivity contribution >= 4 is 23.2 Å². The van der Waals surface area contributed by atoms with Crippen molar-refractivity contribution in [2.45, 2.75) is 32.8 Å². The average Bonchev–Trinajstić information content (AvgIpc) is 3.20. The predicted octanol–water partition coefficient (Wildman–Crippen LogP) is 3.88. The monoisotopic (exact) mass is 428 g/mol. The Morgan fingerprint density at radius 1 is 1.30 bits per heavy atom. The maximum atomic E-state index is 13.4. The molecule has 0 fully saturated rings. The number of rotatable bonds is 3. The first-order valence-electron chi connectivity index (χ1n) is 9.51. The highest BCUT2D eigenvalue weighted by Gasteiger charge is 2.32. The molecule has 0 bridgehead atoms. The number of ether oxygens (including phenoxy) is 1. The number of phenols is 2. The number of aromatic hydroxyl groups is 2. The van der Waals surface area contributed by atoms with Gasteiger partial charge in [0.25, 0.3) is 5.91 Å². The van der Waals surface area contributed by atoms with Gasteiger partial charge in [0, 0.05) is 12.0 Å². The molecule has 0 saturated heterocycles. The first kappa shape index (κ1) is 20.0. The van der Waals surface area contributed by atoms with Gasteiger partial charge in [0.15, 0.2) is 23.1 Å². The van der Waals surface area contributed by atoms with Crippen LogP contribution in [0.1, 0.15) is 42.9 Å². The molecule has 0 unspecified atom stereocenters. The second kappa shape index (κ2) is 7.53. The van der Waals surface area contributed by atoms with E-state index in [0.29, 0.717) is 28.0 Å². The summed E-state index contributed by atoms with van der Waals surface area (Å²) >= 11 is 6.24. The number of carbonyl (C=O) groups is 1. The van der Waals surface area contributed by atoms with Crippen LogP contribution < -0.4 is 9.64 Å². The normalized spacial score (nSPS) is 15.8. The first-order valence-corrected chi connectivity index (χ1v) is 9.89. The quantitative estimate of drug-likeness (QED) is 0.614. The van der Waals surface area contributed by atoms with Crippen LogP contribution in [0.25, 0.3) is 5.69 Å². The fraction of sp³-hybridized carbons (Fsp3) is 0.286. The summed E-state index contributed by atoms with van der Waals surface area (Å²) in [5.74, 6) is -0.271. The summed E-state index contributed by atoms with van der Waals surface area (Å²) in [4.78, 5) is 19.1. The van der Waals surface area contributed by atoms with Crippen molar-refractivity contribution in [3.05, 3.63) is 53.1 Å². The third-order valence-corrected chi connectivity index (χ3v) is 5.13. The lowest BCUT2D eigenvalue weighted by molar-refractivity contribution is 0.0958. The molecule has 1 aromatic heterocycles. The van der Waals surface area contributed by atoms with Crippen LogP contribution >= 0.6 is 11.6 Å². The van der Waals surface area contributed by atoms with Gasteiger partial charge in [-0.05, 0) is 25.1 Å². The molecule has 0 aliphatic carbocycles. The number of halogens is 1. The van der Waals surface area contributed by atoms with E-state index in [1.54, 1.807) is 18.2 Å². The van der Waals surface area contributed by atoms with Gasteiger partial charge >= 0.3 is 0 Å². The van der Waals surface area contributed by atoms with Crippen molar-refractivity contribution in [2.24, 2.45) is 0 Å². The number of carbonyl (C=O) groups excluding carboxylic acids is 1. The Bertz CT molecular complexity index is 1130. The zero-order valence-electron chi connectivity index (χ0n) is 16.7. The summed E-state index contributed by atoms with van der Waals surface area (Å²) in [5, 5.41) is 25.5. The number of hydrogen-bond donors (Lipinski definition) is 2. The molecule has 8 nitrogen and oxygen atoms in total. The lowest BCUT2D eigenvalue weighted by atomic mass is 10.1. The van der Waals surface area contributed by atoms with Crippen LogP contribution in [0.2, 0.25) is 5.02 Å². The SMILES string of the molecule is CC(C)c1ncn(-c2cc(O)c(O)c(C(=O)N3C[C@H](C)Oc4c(Cl)cccc43)c2)n1. The van der Waals surface area contributed by atoms with Crippen LogP contribution in [0, 0.1) is 0 Å². The first-order chi connectivity index (χ1) is 14.3. The van der Waals surface area contributed by atoms with Gasteiger partial charge in [-0.3, -0.25) is 4.79 Å². The number of hydrogen-bond acceptors (Lipinski definition) is 6. The van der Waals surface area contributed by atoms with Gasteiger partial charge in [-0.25, -0.2) is 9.67 Å². The van der Waals surface area contributed by atoms with Gasteiger partial charge in [-0.15, -0.1) is 0 Å². The summed E-state index contributed by atoms with van der Waals surface area (Å²) in [6, 6.07) is 7.93. The number of para-hydroxylation sites is 1. The molecule has 1 amide bonds. The summed E-state index contributed by atoms with van der Waals surface area (Å²) in [7, 11) is 0. The van der Waals surface area contributed by atoms with E-state index in [1.165, 1.54) is 28.0 Å². The fourth-order valence-corrected chi connectivity index (χ4v) is 3.54. The summed E-state index contributed by atoms with van der Waals surface area (Å²) in [6.07, 6.45) is 1.20. The number of benzene rings is 2. The summed E-state index contributed by atoms with van der Waals surface area (Å²) < 4.78 is 7.25. The lowest BCUT2D eigenvalue weighted by Gasteiger charge is -2.34. The van der Waals surface area contributed by atoms with E-state index in [2.05, 4.69) is 10.1 Å². The molecule has 2 aromatic carbocycles. The zero-order chi connectivity index (χ0) is 21.6. The van der Waals surface area contributed by atoms with Gasteiger partial charge in [-0.2, -0.15) is 5.10 Å². The molecule has 1 aliphatic heterocycles. The second-order valence-corrected chi connectivity index (χ2v) is 7.90. The molecule has 1 atom stereocenters. The number of amides is 1. The number of fused-ring (bicyclic) bond motifs is 1. The van der Waals surface area contributed by atoms with Crippen molar-refractivity contribution < 1.29 is 19.7 Å². The highest BCUT2D eigenvalue weighted by atomic mass is 35.5. The largest absolute Gasteiger partial charge is 0.504 e. The Labute approximate surface area is 178 Å². The van der Waals surface area contributed by atoms with Crippen LogP contribution in [0.3, 0.4) is 0 Å². The third-order valence-electron chi connectivity index (χ3n) is 4.84. The van der Waals surface area contributed by atoms with Crippen molar-refractivity contribution in [1.82, 2.24) is 14.8 Å². The van der Waals surface area contributed by atoms with E-state index in [9.17, 15) is 15.0 Å². The minimum absolute atomic E-state index is 0.0633. The molecular formula is C21H21ClN4O4. The summed E-state index contributed by atoms with van der Waals surface area (Å²) in [5.41, 5.74) is 0.838. The molecule has 30 heavy (non-hydrogen) atoms. The summed E-state index contributed by atoms with van der Waals surface area (Å²) in [6.45, 7) is 6.01. The van der Waals surface area contributed by atoms with Crippen molar-refractivity contribution in [1.29, 1.82) is 0 Å². The smallest absolute Gasteiger partial charge is 0.262 e. The maximum absolute atomic E-state index is 13.4. The fourth-order valence-electron chi connectivity index (χ4n) is 3.32. The van der Waals surface area contributed by atoms with Gasteiger partial charge in [0.05, 0.1) is 28.5 Å². The number of aromatic nitrogens is 3. The lowest BCUT2D eigenvalue weighted by Crippen LogP contribution is -2.42. The maximum Gasteiger partial charge on any atom is 0.262 e. The Kier molecular flexibility index (Phi) is 5.03. The second-order valence-electron chi connectivity index (χ2n) is 7.50. The molecule has 156 valence electrons. The molecule has 0 radical (unpaired) electrons. The van der Waals surface area contributed by atoms with Crippen molar-refractivity contribution in [2.75, 3.05) is 11.4 Å². The minimum Gasteiger partial charge on any atom is -0.504 e. The number of phenolic OH excluding ortho intramolecular Hbond substituents is 2. The molecule has 2 N–H and O–H groups in total. The Morgan fingerprint density at radius 2 is 2.07 bits per heavy atom. The molecule has 0 saturated carbocycles. The Balaban J connectivity index is 1.78. The van der Waals surface area contributed by atoms with Gasteiger partial charge in [-0.1, -0.05) is 31.5 Å². The zero-order valence-corrected chi connectivity index (χ0v) is 17.5. The Morgan fingerprint density at radius 3 is 2.77 bits per heavy atom. The Hall–Kier alpha value is -3.26. The average molecular weight is 429 g/mol. The van der Waals surface area contributed by atoms with Gasteiger partial charge in [0.1, 0.15) is 12.4 Å². The van der Waals surface area contributed by atoms with Gasteiger partial charge in [0.2, 0.25) is 0 Å². The third kappa shape index (κ3) is 3.43. The van der Waals surface area contributed by atoms with Crippen molar-refractivity contribution in [3.63, 3.8) is 0 Å². The van der Waals surface area contributed by atoms with Crippen LogP contribution in [-0.2, 0) is 0 Å². The molecule has 9 heteroatoms. The van der Waals surface area contributed by atoms with Crippen LogP contribution in [0.4, 0.5) is 5.69 Å². The van der Waals surface area contributed by atoms with Crippen LogP contribution in [0.15, 0.2) is 36.7 Å². The highest BCUT2D eigenvalue weighted by molar-refractivity contribution is 6.32. The van der Waals surface area contributed by atoms with Crippen LogP contribution in [-0.4, -0.2) is 43.5 Å². The molecular weight excluding hydrogens is 408 g/mol.